The number of aromatic carboxylic acids is 1. The summed E-state index contributed by atoms with van der Waals surface area (Å²) in [5.41, 5.74) is 0.131. The molecule has 6 nitrogen and oxygen atoms in total. The van der Waals surface area contributed by atoms with E-state index in [1.54, 1.807) is 0 Å². The van der Waals surface area contributed by atoms with Gasteiger partial charge in [0.05, 0.1) is 10.5 Å². The van der Waals surface area contributed by atoms with Crippen molar-refractivity contribution >= 4 is 17.3 Å². The number of anilines is 1. The van der Waals surface area contributed by atoms with Crippen LogP contribution in [0.25, 0.3) is 0 Å². The summed E-state index contributed by atoms with van der Waals surface area (Å²) >= 11 is 0. The summed E-state index contributed by atoms with van der Waals surface area (Å²) in [6, 6.07) is 4.23. The monoisotopic (exact) mass is 278 g/mol. The van der Waals surface area contributed by atoms with Crippen LogP contribution in [0.1, 0.15) is 36.5 Å². The average molecular weight is 278 g/mol. The van der Waals surface area contributed by atoms with Gasteiger partial charge in [0.15, 0.2) is 0 Å². The summed E-state index contributed by atoms with van der Waals surface area (Å²) < 4.78 is 0. The van der Waals surface area contributed by atoms with Crippen LogP contribution in [0.4, 0.5) is 11.4 Å². The zero-order valence-corrected chi connectivity index (χ0v) is 11.4. The first kappa shape index (κ1) is 14.3. The molecule has 20 heavy (non-hydrogen) atoms. The van der Waals surface area contributed by atoms with Gasteiger partial charge < -0.3 is 10.0 Å². The molecule has 0 aliphatic heterocycles. The highest BCUT2D eigenvalue weighted by atomic mass is 16.6. The number of hydrogen-bond donors (Lipinski definition) is 1. The van der Waals surface area contributed by atoms with Gasteiger partial charge in [-0.25, -0.2) is 4.79 Å². The smallest absolute Gasteiger partial charge is 0.338 e. The molecule has 0 heterocycles. The van der Waals surface area contributed by atoms with Crippen LogP contribution in [0.15, 0.2) is 18.2 Å². The van der Waals surface area contributed by atoms with Gasteiger partial charge in [0, 0.05) is 19.2 Å². The maximum atomic E-state index is 11.4. The lowest BCUT2D eigenvalue weighted by Crippen LogP contribution is -2.29. The molecule has 1 aromatic carbocycles. The minimum Gasteiger partial charge on any atom is -0.478 e. The molecule has 0 unspecified atom stereocenters. The summed E-state index contributed by atoms with van der Waals surface area (Å²) in [7, 11) is 0. The summed E-state index contributed by atoms with van der Waals surface area (Å²) in [6.45, 7) is 3.30. The molecule has 6 heteroatoms. The van der Waals surface area contributed by atoms with Crippen LogP contribution in [-0.2, 0) is 0 Å². The molecule has 1 aromatic rings. The Bertz CT molecular complexity index is 494. The van der Waals surface area contributed by atoms with E-state index in [0.29, 0.717) is 19.0 Å². The Morgan fingerprint density at radius 3 is 2.70 bits per heavy atom. The molecule has 0 aromatic heterocycles. The first-order chi connectivity index (χ1) is 9.54. The molecular weight excluding hydrogens is 260 g/mol. The molecule has 0 radical (unpaired) electrons. The second-order valence-corrected chi connectivity index (χ2v) is 5.12. The van der Waals surface area contributed by atoms with Gasteiger partial charge in [0.1, 0.15) is 5.69 Å². The third-order valence-corrected chi connectivity index (χ3v) is 3.43. The molecule has 1 N–H and O–H groups in total. The molecule has 2 rings (SSSR count). The van der Waals surface area contributed by atoms with Crippen LogP contribution in [0.2, 0.25) is 0 Å². The highest BCUT2D eigenvalue weighted by molar-refractivity contribution is 5.97. The molecule has 0 amide bonds. The first-order valence-electron chi connectivity index (χ1n) is 6.80. The fourth-order valence-corrected chi connectivity index (χ4v) is 2.36. The Balaban J connectivity index is 2.47. The van der Waals surface area contributed by atoms with E-state index >= 15 is 0 Å². The lowest BCUT2D eigenvalue weighted by atomic mass is 10.1. The van der Waals surface area contributed by atoms with Gasteiger partial charge in [0.25, 0.3) is 5.69 Å². The van der Waals surface area contributed by atoms with Gasteiger partial charge in [-0.3, -0.25) is 10.1 Å². The zero-order chi connectivity index (χ0) is 14.7. The van der Waals surface area contributed by atoms with Crippen molar-refractivity contribution in [1.82, 2.24) is 0 Å². The van der Waals surface area contributed by atoms with E-state index in [4.69, 9.17) is 0 Å². The Morgan fingerprint density at radius 2 is 2.20 bits per heavy atom. The van der Waals surface area contributed by atoms with E-state index in [9.17, 15) is 20.0 Å². The molecule has 0 saturated heterocycles. The second-order valence-electron chi connectivity index (χ2n) is 5.12. The van der Waals surface area contributed by atoms with E-state index in [0.717, 1.165) is 19.3 Å². The normalized spacial score (nSPS) is 14.1. The molecule has 0 bridgehead atoms. The molecule has 1 aliphatic rings. The van der Waals surface area contributed by atoms with Crippen LogP contribution >= 0.6 is 0 Å². The van der Waals surface area contributed by atoms with Crippen molar-refractivity contribution in [2.45, 2.75) is 26.2 Å². The van der Waals surface area contributed by atoms with Gasteiger partial charge in [-0.2, -0.15) is 0 Å². The van der Waals surface area contributed by atoms with Crippen LogP contribution in [-0.4, -0.2) is 29.1 Å². The Hall–Kier alpha value is -2.11. The molecular formula is C14H18N2O4. The zero-order valence-electron chi connectivity index (χ0n) is 11.4. The van der Waals surface area contributed by atoms with Crippen LogP contribution in [0.5, 0.6) is 0 Å². The van der Waals surface area contributed by atoms with Crippen LogP contribution in [0, 0.1) is 16.0 Å². The quantitative estimate of drug-likeness (QED) is 0.612. The van der Waals surface area contributed by atoms with E-state index < -0.39 is 10.9 Å². The molecule has 108 valence electrons. The fourth-order valence-electron chi connectivity index (χ4n) is 2.36. The second kappa shape index (κ2) is 5.90. The Labute approximate surface area is 117 Å². The van der Waals surface area contributed by atoms with Gasteiger partial charge in [-0.1, -0.05) is 13.0 Å². The Morgan fingerprint density at radius 1 is 1.50 bits per heavy atom. The van der Waals surface area contributed by atoms with Crippen molar-refractivity contribution < 1.29 is 14.8 Å². The first-order valence-corrected chi connectivity index (χ1v) is 6.80. The maximum Gasteiger partial charge on any atom is 0.338 e. The van der Waals surface area contributed by atoms with E-state index in [1.165, 1.54) is 18.2 Å². The number of hydrogen-bond acceptors (Lipinski definition) is 4. The fraction of sp³-hybridized carbons (Fsp3) is 0.500. The van der Waals surface area contributed by atoms with Crippen molar-refractivity contribution in [1.29, 1.82) is 0 Å². The van der Waals surface area contributed by atoms with Crippen molar-refractivity contribution in [2.24, 2.45) is 5.92 Å². The van der Waals surface area contributed by atoms with E-state index in [1.807, 2.05) is 11.8 Å². The number of carbonyl (C=O) groups is 1. The highest BCUT2D eigenvalue weighted by Gasteiger charge is 2.30. The third kappa shape index (κ3) is 3.07. The van der Waals surface area contributed by atoms with Gasteiger partial charge >= 0.3 is 5.97 Å². The maximum absolute atomic E-state index is 11.4. The standard InChI is InChI=1S/C14H18N2O4/c1-2-8-15(9-10-6-7-10)13-11(14(17)18)4-3-5-12(13)16(19)20/h3-5,10H,2,6-9H2,1H3,(H,17,18). The molecule has 1 fully saturated rings. The minimum atomic E-state index is -1.12. The summed E-state index contributed by atoms with van der Waals surface area (Å²) in [4.78, 5) is 23.9. The lowest BCUT2D eigenvalue weighted by molar-refractivity contribution is -0.384. The lowest BCUT2D eigenvalue weighted by Gasteiger charge is -2.25. The van der Waals surface area contributed by atoms with Crippen molar-refractivity contribution in [2.75, 3.05) is 18.0 Å². The number of nitro groups is 1. The predicted molar refractivity (Wildman–Crippen MR) is 75.3 cm³/mol. The van der Waals surface area contributed by atoms with Crippen LogP contribution in [0.3, 0.4) is 0 Å². The number of rotatable bonds is 7. The highest BCUT2D eigenvalue weighted by Crippen LogP contribution is 2.37. The largest absolute Gasteiger partial charge is 0.478 e. The number of benzene rings is 1. The van der Waals surface area contributed by atoms with Gasteiger partial charge in [0.2, 0.25) is 0 Å². The summed E-state index contributed by atoms with van der Waals surface area (Å²) in [6.07, 6.45) is 3.05. The van der Waals surface area contributed by atoms with Gasteiger partial charge in [-0.15, -0.1) is 0 Å². The molecule has 0 spiro atoms. The number of nitro benzene ring substituents is 1. The molecule has 1 saturated carbocycles. The third-order valence-electron chi connectivity index (χ3n) is 3.43. The topological polar surface area (TPSA) is 83.7 Å². The molecule has 0 atom stereocenters. The minimum absolute atomic E-state index is 0.00769. The number of carboxylic acids is 1. The summed E-state index contributed by atoms with van der Waals surface area (Å²) in [5.74, 6) is -0.594. The molecule has 1 aliphatic carbocycles. The predicted octanol–water partition coefficient (Wildman–Crippen LogP) is 2.92. The Kier molecular flexibility index (Phi) is 4.22. The van der Waals surface area contributed by atoms with E-state index in [2.05, 4.69) is 0 Å². The number of carboxylic acid groups (broad SMARTS) is 1. The van der Waals surface area contributed by atoms with Gasteiger partial charge in [-0.05, 0) is 31.2 Å². The van der Waals surface area contributed by atoms with Crippen molar-refractivity contribution in [3.63, 3.8) is 0 Å². The average Bonchev–Trinajstić information content (AvgIpc) is 3.21. The SMILES string of the molecule is CCCN(CC1CC1)c1c(C(=O)O)cccc1[N+](=O)[O-]. The number of nitrogens with zero attached hydrogens (tertiary/aromatic N) is 2. The van der Waals surface area contributed by atoms with Crippen molar-refractivity contribution in [3.05, 3.63) is 33.9 Å². The van der Waals surface area contributed by atoms with E-state index in [-0.39, 0.29) is 16.9 Å². The van der Waals surface area contributed by atoms with Crippen molar-refractivity contribution in [3.8, 4) is 0 Å². The van der Waals surface area contributed by atoms with Crippen LogP contribution < -0.4 is 4.90 Å². The number of para-hydroxylation sites is 1. The summed E-state index contributed by atoms with van der Waals surface area (Å²) in [5, 5.41) is 20.5.